The molecule has 0 saturated heterocycles. The summed E-state index contributed by atoms with van der Waals surface area (Å²) in [4.78, 5) is 0. The SMILES string of the molecule is C=C(C)/N=N\C(=C/CC)CCC. The lowest BCUT2D eigenvalue weighted by molar-refractivity contribution is 0.855. The molecule has 0 aromatic heterocycles. The minimum Gasteiger partial charge on any atom is -0.156 e. The zero-order chi connectivity index (χ0) is 9.40. The highest BCUT2D eigenvalue weighted by Gasteiger charge is 1.91. The Morgan fingerprint density at radius 2 is 2.00 bits per heavy atom. The van der Waals surface area contributed by atoms with Gasteiger partial charge in [0.05, 0.1) is 11.4 Å². The predicted octanol–water partition coefficient (Wildman–Crippen LogP) is 4.07. The van der Waals surface area contributed by atoms with Gasteiger partial charge in [0.25, 0.3) is 0 Å². The molecule has 2 heteroatoms. The topological polar surface area (TPSA) is 24.7 Å². The van der Waals surface area contributed by atoms with Crippen LogP contribution in [0.25, 0.3) is 0 Å². The Balaban J connectivity index is 4.12. The van der Waals surface area contributed by atoms with Crippen LogP contribution in [-0.4, -0.2) is 0 Å². The van der Waals surface area contributed by atoms with Crippen LogP contribution in [0.15, 0.2) is 34.3 Å². The van der Waals surface area contributed by atoms with Crippen molar-refractivity contribution in [1.82, 2.24) is 0 Å². The lowest BCUT2D eigenvalue weighted by Gasteiger charge is -1.96. The summed E-state index contributed by atoms with van der Waals surface area (Å²) in [5, 5.41) is 8.01. The zero-order valence-electron chi connectivity index (χ0n) is 8.30. The van der Waals surface area contributed by atoms with Crippen molar-refractivity contribution >= 4 is 0 Å². The second-order valence-corrected chi connectivity index (χ2v) is 2.79. The van der Waals surface area contributed by atoms with Crippen LogP contribution in [-0.2, 0) is 0 Å². The van der Waals surface area contributed by atoms with E-state index in [2.05, 4.69) is 36.7 Å². The third kappa shape index (κ3) is 5.83. The first-order valence-corrected chi connectivity index (χ1v) is 4.47. The van der Waals surface area contributed by atoms with E-state index in [0.29, 0.717) is 0 Å². The lowest BCUT2D eigenvalue weighted by atomic mass is 10.2. The van der Waals surface area contributed by atoms with Crippen LogP contribution >= 0.6 is 0 Å². The monoisotopic (exact) mass is 166 g/mol. The van der Waals surface area contributed by atoms with Gasteiger partial charge in [0.2, 0.25) is 0 Å². The van der Waals surface area contributed by atoms with Crippen LogP contribution in [0.5, 0.6) is 0 Å². The summed E-state index contributed by atoms with van der Waals surface area (Å²) in [5.74, 6) is 0. The molecule has 0 aliphatic carbocycles. The molecule has 0 rings (SSSR count). The highest BCUT2D eigenvalue weighted by Crippen LogP contribution is 2.09. The van der Waals surface area contributed by atoms with E-state index in [4.69, 9.17) is 0 Å². The van der Waals surface area contributed by atoms with E-state index in [-0.39, 0.29) is 0 Å². The van der Waals surface area contributed by atoms with Gasteiger partial charge in [-0.2, -0.15) is 10.2 Å². The van der Waals surface area contributed by atoms with Gasteiger partial charge in [0, 0.05) is 0 Å². The minimum atomic E-state index is 0.758. The largest absolute Gasteiger partial charge is 0.156 e. The van der Waals surface area contributed by atoms with Gasteiger partial charge in [-0.3, -0.25) is 0 Å². The quantitative estimate of drug-likeness (QED) is 0.550. The summed E-state index contributed by atoms with van der Waals surface area (Å²) < 4.78 is 0. The minimum absolute atomic E-state index is 0.758. The zero-order valence-corrected chi connectivity index (χ0v) is 8.30. The van der Waals surface area contributed by atoms with Crippen LogP contribution in [0.1, 0.15) is 40.0 Å². The Morgan fingerprint density at radius 1 is 1.33 bits per heavy atom. The van der Waals surface area contributed by atoms with Crippen LogP contribution in [0, 0.1) is 0 Å². The number of hydrogen-bond donors (Lipinski definition) is 0. The smallest absolute Gasteiger partial charge is 0.0590 e. The average Bonchev–Trinajstić information content (AvgIpc) is 2.01. The molecular weight excluding hydrogens is 148 g/mol. The van der Waals surface area contributed by atoms with Gasteiger partial charge in [-0.15, -0.1) is 0 Å². The number of hydrogen-bond acceptors (Lipinski definition) is 2. The van der Waals surface area contributed by atoms with Crippen molar-refractivity contribution in [1.29, 1.82) is 0 Å². The molecule has 0 bridgehead atoms. The van der Waals surface area contributed by atoms with Crippen LogP contribution in [0.2, 0.25) is 0 Å². The molecule has 68 valence electrons. The van der Waals surface area contributed by atoms with Gasteiger partial charge in [0.15, 0.2) is 0 Å². The van der Waals surface area contributed by atoms with E-state index < -0.39 is 0 Å². The molecule has 0 spiro atoms. The first-order chi connectivity index (χ1) is 5.70. The number of nitrogens with zero attached hydrogens (tertiary/aromatic N) is 2. The third-order valence-electron chi connectivity index (χ3n) is 1.30. The van der Waals surface area contributed by atoms with Crippen LogP contribution < -0.4 is 0 Å². The van der Waals surface area contributed by atoms with Crippen LogP contribution in [0.4, 0.5) is 0 Å². The van der Waals surface area contributed by atoms with E-state index in [9.17, 15) is 0 Å². The van der Waals surface area contributed by atoms with Gasteiger partial charge in [-0.05, 0) is 19.8 Å². The summed E-state index contributed by atoms with van der Waals surface area (Å²) >= 11 is 0. The molecule has 0 amide bonds. The maximum atomic E-state index is 4.09. The van der Waals surface area contributed by atoms with Crippen LogP contribution in [0.3, 0.4) is 0 Å². The molecule has 2 nitrogen and oxygen atoms in total. The van der Waals surface area contributed by atoms with E-state index in [1.54, 1.807) is 0 Å². The van der Waals surface area contributed by atoms with Gasteiger partial charge in [0.1, 0.15) is 0 Å². The molecule has 0 unspecified atom stereocenters. The molecule has 0 saturated carbocycles. The molecule has 0 radical (unpaired) electrons. The van der Waals surface area contributed by atoms with Gasteiger partial charge >= 0.3 is 0 Å². The van der Waals surface area contributed by atoms with Crippen molar-refractivity contribution in [2.45, 2.75) is 40.0 Å². The molecule has 0 aromatic rings. The van der Waals surface area contributed by atoms with Gasteiger partial charge in [-0.25, -0.2) is 0 Å². The standard InChI is InChI=1S/C10H18N2/c1-5-7-10(8-6-2)12-11-9(3)4/h7H,3,5-6,8H2,1-2,4H3/b10-7-,12-11-. The van der Waals surface area contributed by atoms with E-state index >= 15 is 0 Å². The second kappa shape index (κ2) is 6.77. The van der Waals surface area contributed by atoms with Gasteiger partial charge < -0.3 is 0 Å². The number of rotatable bonds is 5. The highest BCUT2D eigenvalue weighted by atomic mass is 15.1. The molecule has 0 atom stereocenters. The Labute approximate surface area is 75.1 Å². The normalized spacial score (nSPS) is 12.4. The van der Waals surface area contributed by atoms with E-state index in [0.717, 1.165) is 30.7 Å². The first kappa shape index (κ1) is 11.1. The number of azo groups is 1. The second-order valence-electron chi connectivity index (χ2n) is 2.79. The Bertz CT molecular complexity index is 190. The van der Waals surface area contributed by atoms with Crippen molar-refractivity contribution < 1.29 is 0 Å². The van der Waals surface area contributed by atoms with E-state index in [1.165, 1.54) is 0 Å². The van der Waals surface area contributed by atoms with Crippen molar-refractivity contribution in [3.8, 4) is 0 Å². The Kier molecular flexibility index (Phi) is 6.25. The fourth-order valence-corrected chi connectivity index (χ4v) is 0.834. The molecule has 0 aliphatic heterocycles. The maximum Gasteiger partial charge on any atom is 0.0590 e. The molecule has 0 aliphatic rings. The average molecular weight is 166 g/mol. The lowest BCUT2D eigenvalue weighted by Crippen LogP contribution is -1.77. The maximum absolute atomic E-state index is 4.09. The third-order valence-corrected chi connectivity index (χ3v) is 1.30. The Morgan fingerprint density at radius 3 is 2.42 bits per heavy atom. The molecule has 0 heterocycles. The summed E-state index contributed by atoms with van der Waals surface area (Å²) in [5.41, 5.74) is 1.83. The van der Waals surface area contributed by atoms with Crippen molar-refractivity contribution in [3.63, 3.8) is 0 Å². The molecule has 0 fully saturated rings. The Hall–Kier alpha value is -0.920. The summed E-state index contributed by atoms with van der Waals surface area (Å²) in [6.07, 6.45) is 5.24. The highest BCUT2D eigenvalue weighted by molar-refractivity contribution is 4.99. The number of allylic oxidation sites excluding steroid dienone is 3. The van der Waals surface area contributed by atoms with Crippen molar-refractivity contribution in [2.24, 2.45) is 10.2 Å². The molecular formula is C10H18N2. The van der Waals surface area contributed by atoms with Gasteiger partial charge in [-0.1, -0.05) is 32.9 Å². The fraction of sp³-hybridized carbons (Fsp3) is 0.600. The molecule has 0 aromatic carbocycles. The summed E-state index contributed by atoms with van der Waals surface area (Å²) in [6.45, 7) is 9.75. The summed E-state index contributed by atoms with van der Waals surface area (Å²) in [7, 11) is 0. The van der Waals surface area contributed by atoms with Crippen molar-refractivity contribution in [3.05, 3.63) is 24.0 Å². The molecule has 12 heavy (non-hydrogen) atoms. The van der Waals surface area contributed by atoms with E-state index in [1.807, 2.05) is 6.92 Å². The fourth-order valence-electron chi connectivity index (χ4n) is 0.834. The van der Waals surface area contributed by atoms with Crippen molar-refractivity contribution in [2.75, 3.05) is 0 Å². The first-order valence-electron chi connectivity index (χ1n) is 4.47. The predicted molar refractivity (Wildman–Crippen MR) is 53.0 cm³/mol. The summed E-state index contributed by atoms with van der Waals surface area (Å²) in [6, 6.07) is 0. The molecule has 0 N–H and O–H groups in total.